The molecular formula is C9H13NO4S2. The molecule has 1 atom stereocenters. The van der Waals surface area contributed by atoms with E-state index < -0.39 is 16.0 Å². The number of carboxylic acids is 1. The van der Waals surface area contributed by atoms with Crippen LogP contribution in [0.25, 0.3) is 0 Å². The molecule has 2 N–H and O–H groups in total. The minimum atomic E-state index is -3.59. The minimum absolute atomic E-state index is 0.00944. The lowest BCUT2D eigenvalue weighted by atomic mass is 10.3. The molecule has 1 aromatic heterocycles. The van der Waals surface area contributed by atoms with Crippen molar-refractivity contribution in [2.45, 2.75) is 31.2 Å². The molecule has 0 fully saturated rings. The molecule has 7 heteroatoms. The number of nitrogens with one attached hydrogen (secondary N) is 1. The average molecular weight is 263 g/mol. The fraction of sp³-hybridized carbons (Fsp3) is 0.444. The first-order valence-electron chi connectivity index (χ1n) is 4.71. The summed E-state index contributed by atoms with van der Waals surface area (Å²) in [4.78, 5) is 10.6. The molecule has 1 rings (SSSR count). The zero-order valence-corrected chi connectivity index (χ0v) is 10.6. The topological polar surface area (TPSA) is 83.5 Å². The van der Waals surface area contributed by atoms with Gasteiger partial charge in [0.2, 0.25) is 10.0 Å². The van der Waals surface area contributed by atoms with E-state index in [2.05, 4.69) is 4.72 Å². The summed E-state index contributed by atoms with van der Waals surface area (Å²) in [7, 11) is -3.59. The fourth-order valence-corrected chi connectivity index (χ4v) is 3.43. The van der Waals surface area contributed by atoms with Gasteiger partial charge in [-0.3, -0.25) is 0 Å². The van der Waals surface area contributed by atoms with Crippen molar-refractivity contribution in [2.24, 2.45) is 0 Å². The number of sulfonamides is 1. The van der Waals surface area contributed by atoms with Gasteiger partial charge in [0.25, 0.3) is 0 Å². The van der Waals surface area contributed by atoms with Crippen LogP contribution in [0.15, 0.2) is 16.3 Å². The largest absolute Gasteiger partial charge is 0.477 e. The van der Waals surface area contributed by atoms with Gasteiger partial charge in [0.1, 0.15) is 4.88 Å². The van der Waals surface area contributed by atoms with Crippen LogP contribution in [0.2, 0.25) is 0 Å². The Morgan fingerprint density at radius 3 is 2.69 bits per heavy atom. The molecule has 0 saturated heterocycles. The molecule has 0 aliphatic carbocycles. The molecule has 0 aliphatic rings. The first-order chi connectivity index (χ1) is 7.36. The molecule has 0 radical (unpaired) electrons. The molecule has 0 amide bonds. The molecule has 0 spiro atoms. The van der Waals surface area contributed by atoms with E-state index in [1.54, 1.807) is 6.92 Å². The van der Waals surface area contributed by atoms with Crippen molar-refractivity contribution in [3.63, 3.8) is 0 Å². The van der Waals surface area contributed by atoms with Crippen LogP contribution in [-0.4, -0.2) is 25.5 Å². The summed E-state index contributed by atoms with van der Waals surface area (Å²) in [5.74, 6) is -1.12. The minimum Gasteiger partial charge on any atom is -0.477 e. The van der Waals surface area contributed by atoms with Crippen LogP contribution in [-0.2, 0) is 10.0 Å². The summed E-state index contributed by atoms with van der Waals surface area (Å²) in [6, 6.07) is 0.996. The van der Waals surface area contributed by atoms with Crippen LogP contribution in [0.3, 0.4) is 0 Å². The van der Waals surface area contributed by atoms with E-state index in [4.69, 9.17) is 5.11 Å². The average Bonchev–Trinajstić information content (AvgIpc) is 2.66. The van der Waals surface area contributed by atoms with Gasteiger partial charge >= 0.3 is 5.97 Å². The molecule has 0 aromatic carbocycles. The van der Waals surface area contributed by atoms with E-state index in [0.717, 1.165) is 17.4 Å². The molecule has 0 bridgehead atoms. The van der Waals surface area contributed by atoms with Crippen LogP contribution in [0.1, 0.15) is 29.9 Å². The highest BCUT2D eigenvalue weighted by Gasteiger charge is 2.19. The number of thiophene rings is 1. The predicted molar refractivity (Wildman–Crippen MR) is 61.4 cm³/mol. The maximum Gasteiger partial charge on any atom is 0.345 e. The van der Waals surface area contributed by atoms with Crippen LogP contribution in [0.4, 0.5) is 0 Å². The lowest BCUT2D eigenvalue weighted by Crippen LogP contribution is -2.31. The molecule has 16 heavy (non-hydrogen) atoms. The third-order valence-corrected chi connectivity index (χ3v) is 4.70. The standard InChI is InChI=1S/C9H13NO4S2/c1-3-6(2)10-16(13,14)7-4-8(9(11)12)15-5-7/h4-6,10H,3H2,1-2H3,(H,11,12)/t6-/m0/s1. The number of carboxylic acid groups (broad SMARTS) is 1. The van der Waals surface area contributed by atoms with E-state index in [1.807, 2.05) is 6.92 Å². The molecule has 0 saturated carbocycles. The highest BCUT2D eigenvalue weighted by Crippen LogP contribution is 2.19. The Morgan fingerprint density at radius 1 is 1.62 bits per heavy atom. The Hall–Kier alpha value is -0.920. The molecule has 0 unspecified atom stereocenters. The SMILES string of the molecule is CC[C@H](C)NS(=O)(=O)c1csc(C(=O)O)c1. The van der Waals surface area contributed by atoms with Crippen molar-refractivity contribution in [1.82, 2.24) is 4.72 Å². The zero-order chi connectivity index (χ0) is 12.3. The second-order valence-electron chi connectivity index (χ2n) is 3.38. The van der Waals surface area contributed by atoms with E-state index in [9.17, 15) is 13.2 Å². The highest BCUT2D eigenvalue weighted by atomic mass is 32.2. The normalized spacial score (nSPS) is 13.6. The number of aromatic carboxylic acids is 1. The lowest BCUT2D eigenvalue weighted by molar-refractivity contribution is 0.0702. The summed E-state index contributed by atoms with van der Waals surface area (Å²) < 4.78 is 25.9. The van der Waals surface area contributed by atoms with Gasteiger partial charge in [-0.15, -0.1) is 11.3 Å². The molecule has 0 aliphatic heterocycles. The van der Waals surface area contributed by atoms with Crippen molar-refractivity contribution in [3.8, 4) is 0 Å². The van der Waals surface area contributed by atoms with Crippen molar-refractivity contribution >= 4 is 27.3 Å². The van der Waals surface area contributed by atoms with Crippen molar-refractivity contribution < 1.29 is 18.3 Å². The van der Waals surface area contributed by atoms with Gasteiger partial charge in [-0.2, -0.15) is 0 Å². The Balaban J connectivity index is 2.94. The third kappa shape index (κ3) is 3.03. The van der Waals surface area contributed by atoms with Gasteiger partial charge in [-0.25, -0.2) is 17.9 Å². The molecule has 1 aromatic rings. The summed E-state index contributed by atoms with van der Waals surface area (Å²) in [6.45, 7) is 3.62. The monoisotopic (exact) mass is 263 g/mol. The van der Waals surface area contributed by atoms with Gasteiger partial charge in [0, 0.05) is 11.4 Å². The Labute approximate surface area is 98.2 Å². The quantitative estimate of drug-likeness (QED) is 0.843. The number of rotatable bonds is 5. The summed E-state index contributed by atoms with van der Waals surface area (Å²) >= 11 is 0.900. The summed E-state index contributed by atoms with van der Waals surface area (Å²) in [6.07, 6.45) is 0.676. The fourth-order valence-electron chi connectivity index (χ4n) is 0.988. The van der Waals surface area contributed by atoms with Crippen molar-refractivity contribution in [3.05, 3.63) is 16.3 Å². The third-order valence-electron chi connectivity index (χ3n) is 2.07. The Kier molecular flexibility index (Phi) is 4.06. The predicted octanol–water partition coefficient (Wildman–Crippen LogP) is 1.52. The van der Waals surface area contributed by atoms with Gasteiger partial charge < -0.3 is 5.11 Å². The summed E-state index contributed by atoms with van der Waals surface area (Å²) in [5, 5.41) is 10.0. The lowest BCUT2D eigenvalue weighted by Gasteiger charge is -2.10. The van der Waals surface area contributed by atoms with Gasteiger partial charge in [0.15, 0.2) is 0 Å². The number of hydrogen-bond acceptors (Lipinski definition) is 4. The highest BCUT2D eigenvalue weighted by molar-refractivity contribution is 7.89. The molecule has 1 heterocycles. The van der Waals surface area contributed by atoms with E-state index in [1.165, 1.54) is 5.38 Å². The Morgan fingerprint density at radius 2 is 2.25 bits per heavy atom. The number of carbonyl (C=O) groups is 1. The van der Waals surface area contributed by atoms with Crippen LogP contribution in [0, 0.1) is 0 Å². The first-order valence-corrected chi connectivity index (χ1v) is 7.07. The van der Waals surface area contributed by atoms with Crippen molar-refractivity contribution in [2.75, 3.05) is 0 Å². The van der Waals surface area contributed by atoms with Gasteiger partial charge in [-0.05, 0) is 19.4 Å². The second-order valence-corrected chi connectivity index (χ2v) is 6.01. The van der Waals surface area contributed by atoms with Crippen LogP contribution < -0.4 is 4.72 Å². The maximum atomic E-state index is 11.7. The second kappa shape index (κ2) is 4.94. The van der Waals surface area contributed by atoms with Crippen molar-refractivity contribution in [1.29, 1.82) is 0 Å². The van der Waals surface area contributed by atoms with Crippen LogP contribution >= 0.6 is 11.3 Å². The smallest absolute Gasteiger partial charge is 0.345 e. The van der Waals surface area contributed by atoms with E-state index >= 15 is 0 Å². The maximum absolute atomic E-state index is 11.7. The van der Waals surface area contributed by atoms with E-state index in [0.29, 0.717) is 6.42 Å². The Bertz CT molecular complexity index is 477. The van der Waals surface area contributed by atoms with E-state index in [-0.39, 0.29) is 15.8 Å². The molecule has 5 nitrogen and oxygen atoms in total. The zero-order valence-electron chi connectivity index (χ0n) is 8.93. The first kappa shape index (κ1) is 13.1. The van der Waals surface area contributed by atoms with Gasteiger partial charge in [-0.1, -0.05) is 6.92 Å². The summed E-state index contributed by atoms with van der Waals surface area (Å²) in [5.41, 5.74) is 0. The molecular weight excluding hydrogens is 250 g/mol. The number of hydrogen-bond donors (Lipinski definition) is 2. The van der Waals surface area contributed by atoms with Crippen LogP contribution in [0.5, 0.6) is 0 Å². The van der Waals surface area contributed by atoms with Gasteiger partial charge in [0.05, 0.1) is 4.90 Å². The molecule has 90 valence electrons.